The number of nitrogens with one attached hydrogen (secondary N) is 1. The van der Waals surface area contributed by atoms with E-state index in [1.54, 1.807) is 6.26 Å². The third kappa shape index (κ3) is 3.81. The van der Waals surface area contributed by atoms with Gasteiger partial charge in [0.15, 0.2) is 11.6 Å². The van der Waals surface area contributed by atoms with Gasteiger partial charge in [0.05, 0.1) is 12.8 Å². The Labute approximate surface area is 116 Å². The van der Waals surface area contributed by atoms with Crippen LogP contribution in [0.25, 0.3) is 0 Å². The summed E-state index contributed by atoms with van der Waals surface area (Å²) in [4.78, 5) is 0. The molecule has 1 heterocycles. The molecule has 108 valence electrons. The molecule has 20 heavy (non-hydrogen) atoms. The first-order valence-electron chi connectivity index (χ1n) is 6.54. The lowest BCUT2D eigenvalue weighted by Gasteiger charge is -2.07. The van der Waals surface area contributed by atoms with E-state index < -0.39 is 11.6 Å². The first-order valence-corrected chi connectivity index (χ1v) is 6.54. The van der Waals surface area contributed by atoms with E-state index in [0.29, 0.717) is 6.54 Å². The first-order chi connectivity index (χ1) is 9.70. The Hall–Kier alpha value is -1.88. The van der Waals surface area contributed by atoms with Gasteiger partial charge < -0.3 is 14.5 Å². The second-order valence-electron chi connectivity index (χ2n) is 4.41. The SMILES string of the molecule is CCCNCc1occc1COc1ccc(F)c(F)c1. The molecule has 0 saturated carbocycles. The normalized spacial score (nSPS) is 10.8. The highest BCUT2D eigenvalue weighted by Crippen LogP contribution is 2.18. The number of hydrogen-bond donors (Lipinski definition) is 1. The summed E-state index contributed by atoms with van der Waals surface area (Å²) in [5, 5.41) is 3.23. The molecule has 2 aromatic rings. The lowest BCUT2D eigenvalue weighted by molar-refractivity contribution is 0.298. The zero-order valence-electron chi connectivity index (χ0n) is 11.3. The van der Waals surface area contributed by atoms with Gasteiger partial charge in [-0.3, -0.25) is 0 Å². The molecule has 1 aromatic carbocycles. The molecule has 0 amide bonds. The van der Waals surface area contributed by atoms with Crippen molar-refractivity contribution < 1.29 is 17.9 Å². The molecule has 0 aliphatic heterocycles. The van der Waals surface area contributed by atoms with Crippen molar-refractivity contribution in [2.24, 2.45) is 0 Å². The van der Waals surface area contributed by atoms with E-state index in [0.717, 1.165) is 36.4 Å². The van der Waals surface area contributed by atoms with Crippen LogP contribution in [0, 0.1) is 11.6 Å². The van der Waals surface area contributed by atoms with Crippen LogP contribution in [0.5, 0.6) is 5.75 Å². The van der Waals surface area contributed by atoms with E-state index in [9.17, 15) is 8.78 Å². The van der Waals surface area contributed by atoms with Gasteiger partial charge in [-0.05, 0) is 31.2 Å². The molecule has 0 aliphatic rings. The average molecular weight is 281 g/mol. The van der Waals surface area contributed by atoms with Crippen LogP contribution in [0.1, 0.15) is 24.7 Å². The van der Waals surface area contributed by atoms with Crippen molar-refractivity contribution >= 4 is 0 Å². The van der Waals surface area contributed by atoms with Crippen LogP contribution in [-0.2, 0) is 13.2 Å². The summed E-state index contributed by atoms with van der Waals surface area (Å²) in [6.45, 7) is 3.87. The standard InChI is InChI=1S/C15H17F2NO2/c1-2-6-18-9-15-11(5-7-19-15)10-20-12-3-4-13(16)14(17)8-12/h3-5,7-8,18H,2,6,9-10H2,1H3. The van der Waals surface area contributed by atoms with Gasteiger partial charge in [-0.2, -0.15) is 0 Å². The minimum absolute atomic E-state index is 0.255. The van der Waals surface area contributed by atoms with Crippen molar-refractivity contribution in [3.8, 4) is 5.75 Å². The molecule has 0 saturated heterocycles. The van der Waals surface area contributed by atoms with Gasteiger partial charge in [0.25, 0.3) is 0 Å². The fourth-order valence-corrected chi connectivity index (χ4v) is 1.76. The molecule has 5 heteroatoms. The first kappa shape index (κ1) is 14.5. The monoisotopic (exact) mass is 281 g/mol. The largest absolute Gasteiger partial charge is 0.489 e. The van der Waals surface area contributed by atoms with E-state index >= 15 is 0 Å². The molecular formula is C15H17F2NO2. The second kappa shape index (κ2) is 7.05. The van der Waals surface area contributed by atoms with Crippen LogP contribution in [0.2, 0.25) is 0 Å². The van der Waals surface area contributed by atoms with Crippen molar-refractivity contribution in [2.45, 2.75) is 26.5 Å². The van der Waals surface area contributed by atoms with Crippen molar-refractivity contribution in [1.82, 2.24) is 5.32 Å². The third-order valence-electron chi connectivity index (χ3n) is 2.84. The summed E-state index contributed by atoms with van der Waals surface area (Å²) in [6.07, 6.45) is 2.63. The fourth-order valence-electron chi connectivity index (χ4n) is 1.76. The van der Waals surface area contributed by atoms with Gasteiger partial charge >= 0.3 is 0 Å². The molecule has 0 aliphatic carbocycles. The highest BCUT2D eigenvalue weighted by molar-refractivity contribution is 5.25. The molecule has 0 spiro atoms. The Morgan fingerprint density at radius 1 is 1.20 bits per heavy atom. The van der Waals surface area contributed by atoms with Gasteiger partial charge in [0.2, 0.25) is 0 Å². The van der Waals surface area contributed by atoms with Crippen LogP contribution < -0.4 is 10.1 Å². The van der Waals surface area contributed by atoms with Crippen molar-refractivity contribution in [3.05, 3.63) is 53.5 Å². The average Bonchev–Trinajstić information content (AvgIpc) is 2.88. The Morgan fingerprint density at radius 2 is 2.05 bits per heavy atom. The Morgan fingerprint density at radius 3 is 2.80 bits per heavy atom. The van der Waals surface area contributed by atoms with E-state index in [-0.39, 0.29) is 12.4 Å². The molecular weight excluding hydrogens is 264 g/mol. The smallest absolute Gasteiger partial charge is 0.162 e. The van der Waals surface area contributed by atoms with E-state index in [2.05, 4.69) is 12.2 Å². The van der Waals surface area contributed by atoms with Crippen molar-refractivity contribution in [3.63, 3.8) is 0 Å². The minimum atomic E-state index is -0.917. The predicted molar refractivity (Wildman–Crippen MR) is 71.4 cm³/mol. The Balaban J connectivity index is 1.93. The maximum absolute atomic E-state index is 13.0. The quantitative estimate of drug-likeness (QED) is 0.787. The van der Waals surface area contributed by atoms with Gasteiger partial charge in [-0.1, -0.05) is 6.92 Å². The predicted octanol–water partition coefficient (Wildman–Crippen LogP) is 3.64. The highest BCUT2D eigenvalue weighted by Gasteiger charge is 2.08. The van der Waals surface area contributed by atoms with Crippen LogP contribution in [0.3, 0.4) is 0 Å². The summed E-state index contributed by atoms with van der Waals surface area (Å²) in [5.74, 6) is -0.719. The lowest BCUT2D eigenvalue weighted by Crippen LogP contribution is -2.14. The van der Waals surface area contributed by atoms with Gasteiger partial charge in [0.1, 0.15) is 18.1 Å². The van der Waals surface area contributed by atoms with E-state index in [4.69, 9.17) is 9.15 Å². The highest BCUT2D eigenvalue weighted by atomic mass is 19.2. The number of ether oxygens (including phenoxy) is 1. The Bertz CT molecular complexity index is 555. The summed E-state index contributed by atoms with van der Waals surface area (Å²) in [5.41, 5.74) is 0.887. The minimum Gasteiger partial charge on any atom is -0.489 e. The van der Waals surface area contributed by atoms with Gasteiger partial charge in [-0.15, -0.1) is 0 Å². The maximum Gasteiger partial charge on any atom is 0.162 e. The van der Waals surface area contributed by atoms with Crippen LogP contribution >= 0.6 is 0 Å². The number of benzene rings is 1. The van der Waals surface area contributed by atoms with Crippen molar-refractivity contribution in [2.75, 3.05) is 6.54 Å². The molecule has 0 unspecified atom stereocenters. The number of hydrogen-bond acceptors (Lipinski definition) is 3. The van der Waals surface area contributed by atoms with Gasteiger partial charge in [0, 0.05) is 11.6 Å². The molecule has 0 atom stereocenters. The summed E-state index contributed by atoms with van der Waals surface area (Å²) < 4.78 is 36.6. The van der Waals surface area contributed by atoms with Crippen LogP contribution in [0.4, 0.5) is 8.78 Å². The summed E-state index contributed by atoms with van der Waals surface area (Å²) >= 11 is 0. The van der Waals surface area contributed by atoms with Gasteiger partial charge in [-0.25, -0.2) is 8.78 Å². The Kier molecular flexibility index (Phi) is 5.12. The maximum atomic E-state index is 13.0. The molecule has 1 aromatic heterocycles. The van der Waals surface area contributed by atoms with E-state index in [1.165, 1.54) is 6.07 Å². The van der Waals surface area contributed by atoms with Crippen LogP contribution in [-0.4, -0.2) is 6.54 Å². The fraction of sp³-hybridized carbons (Fsp3) is 0.333. The molecule has 3 nitrogen and oxygen atoms in total. The zero-order chi connectivity index (χ0) is 14.4. The topological polar surface area (TPSA) is 34.4 Å². The molecule has 0 bridgehead atoms. The lowest BCUT2D eigenvalue weighted by atomic mass is 10.2. The second-order valence-corrected chi connectivity index (χ2v) is 4.41. The summed E-state index contributed by atoms with van der Waals surface area (Å²) in [7, 11) is 0. The molecule has 0 fully saturated rings. The third-order valence-corrected chi connectivity index (χ3v) is 2.84. The number of rotatable bonds is 7. The molecule has 0 radical (unpaired) electrons. The van der Waals surface area contributed by atoms with Crippen LogP contribution in [0.15, 0.2) is 34.9 Å². The van der Waals surface area contributed by atoms with Crippen molar-refractivity contribution in [1.29, 1.82) is 0 Å². The molecule has 2 rings (SSSR count). The molecule has 1 N–H and O–H groups in total. The van der Waals surface area contributed by atoms with E-state index in [1.807, 2.05) is 6.07 Å². The number of halogens is 2. The number of furan rings is 1. The zero-order valence-corrected chi connectivity index (χ0v) is 11.3. The summed E-state index contributed by atoms with van der Waals surface area (Å²) in [6, 6.07) is 5.28.